The van der Waals surface area contributed by atoms with Gasteiger partial charge in [-0.25, -0.2) is 9.18 Å². The number of amides is 1. The average Bonchev–Trinajstić information content (AvgIpc) is 2.44. The summed E-state index contributed by atoms with van der Waals surface area (Å²) in [5.74, 6) is -1.43. The van der Waals surface area contributed by atoms with Crippen LogP contribution in [0.2, 0.25) is 0 Å². The van der Waals surface area contributed by atoms with Gasteiger partial charge in [0.05, 0.1) is 19.8 Å². The molecule has 0 aromatic heterocycles. The molecule has 1 amide bonds. The van der Waals surface area contributed by atoms with Crippen molar-refractivity contribution in [1.82, 2.24) is 5.32 Å². The number of ether oxygens (including phenoxy) is 2. The Morgan fingerprint density at radius 3 is 2.43 bits per heavy atom. The molecule has 0 spiro atoms. The number of carbonyl (C=O) groups excluding carboxylic acids is 2. The van der Waals surface area contributed by atoms with Gasteiger partial charge >= 0.3 is 5.97 Å². The smallest absolute Gasteiger partial charge is 0.328 e. The first-order chi connectivity index (χ1) is 9.88. The van der Waals surface area contributed by atoms with Crippen molar-refractivity contribution < 1.29 is 23.5 Å². The molecule has 0 saturated carbocycles. The standard InChI is InChI=1S/C15H20FNO4/c1-9(2)7-13(15(19)21-4)17-14(18)11-6-5-10(20-3)8-12(11)16/h5-6,8-9,13H,7H2,1-4H3,(H,17,18). The van der Waals surface area contributed by atoms with Gasteiger partial charge < -0.3 is 14.8 Å². The van der Waals surface area contributed by atoms with Crippen molar-refractivity contribution in [3.8, 4) is 5.75 Å². The summed E-state index contributed by atoms with van der Waals surface area (Å²) in [6, 6.07) is 3.11. The highest BCUT2D eigenvalue weighted by atomic mass is 19.1. The number of hydrogen-bond acceptors (Lipinski definition) is 4. The van der Waals surface area contributed by atoms with Crippen LogP contribution < -0.4 is 10.1 Å². The van der Waals surface area contributed by atoms with Crippen LogP contribution in [0.1, 0.15) is 30.6 Å². The van der Waals surface area contributed by atoms with Crippen LogP contribution in [0.4, 0.5) is 4.39 Å². The lowest BCUT2D eigenvalue weighted by molar-refractivity contribution is -0.143. The first-order valence-electron chi connectivity index (χ1n) is 6.61. The summed E-state index contributed by atoms with van der Waals surface area (Å²) in [5.41, 5.74) is -0.145. The molecule has 1 aromatic carbocycles. The van der Waals surface area contributed by atoms with Crippen LogP contribution in [0.25, 0.3) is 0 Å². The Balaban J connectivity index is 2.88. The van der Waals surface area contributed by atoms with Gasteiger partial charge in [-0.1, -0.05) is 13.8 Å². The number of nitrogens with one attached hydrogen (secondary N) is 1. The molecule has 1 rings (SSSR count). The largest absolute Gasteiger partial charge is 0.497 e. The van der Waals surface area contributed by atoms with E-state index in [1.54, 1.807) is 0 Å². The molecule has 0 aliphatic carbocycles. The number of rotatable bonds is 6. The maximum Gasteiger partial charge on any atom is 0.328 e. The van der Waals surface area contributed by atoms with Crippen molar-refractivity contribution in [1.29, 1.82) is 0 Å². The molecule has 116 valence electrons. The zero-order valence-electron chi connectivity index (χ0n) is 12.6. The zero-order valence-corrected chi connectivity index (χ0v) is 12.6. The van der Waals surface area contributed by atoms with Crippen LogP contribution in [-0.4, -0.2) is 32.1 Å². The lowest BCUT2D eigenvalue weighted by Crippen LogP contribution is -2.42. The van der Waals surface area contributed by atoms with Crippen LogP contribution in [0.15, 0.2) is 18.2 Å². The number of halogens is 1. The highest BCUT2D eigenvalue weighted by Gasteiger charge is 2.24. The second kappa shape index (κ2) is 7.61. The van der Waals surface area contributed by atoms with E-state index in [2.05, 4.69) is 10.1 Å². The van der Waals surface area contributed by atoms with Gasteiger partial charge in [0.25, 0.3) is 5.91 Å². The van der Waals surface area contributed by atoms with Crippen molar-refractivity contribution >= 4 is 11.9 Å². The molecular weight excluding hydrogens is 277 g/mol. The number of esters is 1. The fraction of sp³-hybridized carbons (Fsp3) is 0.467. The summed E-state index contributed by atoms with van der Waals surface area (Å²) in [5, 5.41) is 2.50. The molecule has 0 fully saturated rings. The number of hydrogen-bond donors (Lipinski definition) is 1. The summed E-state index contributed by atoms with van der Waals surface area (Å²) < 4.78 is 23.3. The fourth-order valence-corrected chi connectivity index (χ4v) is 1.87. The minimum atomic E-state index is -0.802. The molecule has 21 heavy (non-hydrogen) atoms. The topological polar surface area (TPSA) is 64.6 Å². The lowest BCUT2D eigenvalue weighted by Gasteiger charge is -2.18. The molecule has 0 bridgehead atoms. The first kappa shape index (κ1) is 16.9. The average molecular weight is 297 g/mol. The summed E-state index contributed by atoms with van der Waals surface area (Å²) in [6.45, 7) is 3.83. The van der Waals surface area contributed by atoms with Crippen molar-refractivity contribution in [2.24, 2.45) is 5.92 Å². The number of carbonyl (C=O) groups is 2. The van der Waals surface area contributed by atoms with Gasteiger partial charge in [-0.2, -0.15) is 0 Å². The Labute approximate surface area is 123 Å². The normalized spacial score (nSPS) is 11.9. The van der Waals surface area contributed by atoms with Gasteiger partial charge in [0.2, 0.25) is 0 Å². The zero-order chi connectivity index (χ0) is 16.0. The van der Waals surface area contributed by atoms with Crippen LogP contribution >= 0.6 is 0 Å². The Morgan fingerprint density at radius 2 is 1.95 bits per heavy atom. The second-order valence-corrected chi connectivity index (χ2v) is 5.02. The molecule has 0 saturated heterocycles. The van der Waals surface area contributed by atoms with E-state index in [1.165, 1.54) is 26.4 Å². The summed E-state index contributed by atoms with van der Waals surface area (Å²) in [7, 11) is 2.65. The molecule has 5 nitrogen and oxygen atoms in total. The Hall–Kier alpha value is -2.11. The van der Waals surface area contributed by atoms with Crippen LogP contribution in [0, 0.1) is 11.7 Å². The molecule has 6 heteroatoms. The Bertz CT molecular complexity index is 516. The molecule has 0 aliphatic rings. The predicted octanol–water partition coefficient (Wildman–Crippen LogP) is 2.15. The minimum absolute atomic E-state index is 0.145. The van der Waals surface area contributed by atoms with E-state index in [1.807, 2.05) is 13.8 Å². The molecular formula is C15H20FNO4. The van der Waals surface area contributed by atoms with Gasteiger partial charge in [-0.05, 0) is 24.5 Å². The quantitative estimate of drug-likeness (QED) is 0.817. The molecule has 0 radical (unpaired) electrons. The minimum Gasteiger partial charge on any atom is -0.497 e. The van der Waals surface area contributed by atoms with Gasteiger partial charge in [0.15, 0.2) is 0 Å². The van der Waals surface area contributed by atoms with Crippen molar-refractivity contribution in [3.05, 3.63) is 29.6 Å². The summed E-state index contributed by atoms with van der Waals surface area (Å²) in [6.07, 6.45) is 0.413. The molecule has 1 aromatic rings. The van der Waals surface area contributed by atoms with E-state index < -0.39 is 23.7 Å². The van der Waals surface area contributed by atoms with Crippen LogP contribution in [0.3, 0.4) is 0 Å². The highest BCUT2D eigenvalue weighted by molar-refractivity contribution is 5.97. The molecule has 1 unspecified atom stereocenters. The molecule has 1 N–H and O–H groups in total. The molecule has 0 aliphatic heterocycles. The first-order valence-corrected chi connectivity index (χ1v) is 6.61. The molecule has 0 heterocycles. The van der Waals surface area contributed by atoms with E-state index in [4.69, 9.17) is 4.74 Å². The van der Waals surface area contributed by atoms with Gasteiger partial charge in [0, 0.05) is 6.07 Å². The predicted molar refractivity (Wildman–Crippen MR) is 75.7 cm³/mol. The maximum atomic E-state index is 13.8. The fourth-order valence-electron chi connectivity index (χ4n) is 1.87. The van der Waals surface area contributed by atoms with Gasteiger partial charge in [0.1, 0.15) is 17.6 Å². The van der Waals surface area contributed by atoms with Crippen LogP contribution in [-0.2, 0) is 9.53 Å². The SMILES string of the molecule is COC(=O)C(CC(C)C)NC(=O)c1ccc(OC)cc1F. The van der Waals surface area contributed by atoms with Gasteiger partial charge in [-0.3, -0.25) is 4.79 Å². The van der Waals surface area contributed by atoms with Crippen molar-refractivity contribution in [2.75, 3.05) is 14.2 Å². The number of methoxy groups -OCH3 is 2. The number of benzene rings is 1. The van der Waals surface area contributed by atoms with E-state index in [-0.39, 0.29) is 11.5 Å². The maximum absolute atomic E-state index is 13.8. The lowest BCUT2D eigenvalue weighted by atomic mass is 10.0. The summed E-state index contributed by atoms with van der Waals surface area (Å²) in [4.78, 5) is 23.7. The van der Waals surface area contributed by atoms with Crippen molar-refractivity contribution in [3.63, 3.8) is 0 Å². The third-order valence-electron chi connectivity index (χ3n) is 2.92. The second-order valence-electron chi connectivity index (χ2n) is 5.02. The van der Waals surface area contributed by atoms with E-state index >= 15 is 0 Å². The third kappa shape index (κ3) is 4.73. The van der Waals surface area contributed by atoms with Crippen molar-refractivity contribution in [2.45, 2.75) is 26.3 Å². The summed E-state index contributed by atoms with van der Waals surface area (Å²) >= 11 is 0. The Morgan fingerprint density at radius 1 is 1.29 bits per heavy atom. The Kier molecular flexibility index (Phi) is 6.14. The van der Waals surface area contributed by atoms with Gasteiger partial charge in [-0.15, -0.1) is 0 Å². The monoisotopic (exact) mass is 297 g/mol. The van der Waals surface area contributed by atoms with E-state index in [0.717, 1.165) is 6.07 Å². The van der Waals surface area contributed by atoms with E-state index in [0.29, 0.717) is 12.2 Å². The van der Waals surface area contributed by atoms with Crippen LogP contribution in [0.5, 0.6) is 5.75 Å². The van der Waals surface area contributed by atoms with E-state index in [9.17, 15) is 14.0 Å². The highest BCUT2D eigenvalue weighted by Crippen LogP contribution is 2.17. The third-order valence-corrected chi connectivity index (χ3v) is 2.92. The molecule has 1 atom stereocenters.